The zero-order valence-electron chi connectivity index (χ0n) is 8.26. The fraction of sp³-hybridized carbons (Fsp3) is 0.556. The molecule has 0 atom stereocenters. The van der Waals surface area contributed by atoms with Gasteiger partial charge in [-0.1, -0.05) is 20.8 Å². The molecule has 0 aliphatic heterocycles. The van der Waals surface area contributed by atoms with Crippen molar-refractivity contribution in [2.75, 3.05) is 0 Å². The normalized spacial score (nSPS) is 11.8. The second-order valence-corrected chi connectivity index (χ2v) is 4.80. The van der Waals surface area contributed by atoms with Crippen LogP contribution in [0.3, 0.4) is 0 Å². The fourth-order valence-electron chi connectivity index (χ4n) is 1.18. The van der Waals surface area contributed by atoms with Gasteiger partial charge in [-0.15, -0.1) is 0 Å². The topological polar surface area (TPSA) is 34.9 Å². The van der Waals surface area contributed by atoms with Crippen molar-refractivity contribution in [3.63, 3.8) is 0 Å². The first-order chi connectivity index (χ1) is 5.88. The van der Waals surface area contributed by atoms with Crippen LogP contribution in [0.25, 0.3) is 0 Å². The summed E-state index contributed by atoms with van der Waals surface area (Å²) in [6, 6.07) is 0. The Kier molecular flexibility index (Phi) is 2.61. The Morgan fingerprint density at radius 3 is 2.31 bits per heavy atom. The number of halogens is 1. The predicted molar refractivity (Wildman–Crippen MR) is 55.0 cm³/mol. The summed E-state index contributed by atoms with van der Waals surface area (Å²) in [4.78, 5) is 10.8. The lowest BCUT2D eigenvalue weighted by atomic mass is 9.90. The molecule has 1 aromatic rings. The number of aromatic nitrogens is 2. The quantitative estimate of drug-likeness (QED) is 0.711. The molecule has 0 aliphatic carbocycles. The van der Waals surface area contributed by atoms with Gasteiger partial charge in [0, 0.05) is 12.5 Å². The average Bonchev–Trinajstić information content (AvgIpc) is 2.28. The maximum Gasteiger partial charge on any atom is 0.154 e. The molecule has 0 spiro atoms. The number of carbonyl (C=O) groups is 1. The standard InChI is InChI=1S/C9H13BrN2O/c1-9(2,3)7-6(5-13)8(10)12(4)11-7/h5H,1-4H3. The third kappa shape index (κ3) is 1.82. The molecule has 1 heterocycles. The van der Waals surface area contributed by atoms with E-state index in [1.54, 1.807) is 4.68 Å². The van der Waals surface area contributed by atoms with Crippen LogP contribution < -0.4 is 0 Å². The summed E-state index contributed by atoms with van der Waals surface area (Å²) in [5, 5.41) is 4.29. The molecule has 4 heteroatoms. The van der Waals surface area contributed by atoms with Crippen LogP contribution in [0.4, 0.5) is 0 Å². The monoisotopic (exact) mass is 244 g/mol. The van der Waals surface area contributed by atoms with Gasteiger partial charge in [0.1, 0.15) is 4.60 Å². The molecule has 0 amide bonds. The SMILES string of the molecule is Cn1nc(C(C)(C)C)c(C=O)c1Br. The summed E-state index contributed by atoms with van der Waals surface area (Å²) in [6.07, 6.45) is 0.845. The molecule has 0 saturated heterocycles. The van der Waals surface area contributed by atoms with Crippen LogP contribution in [0.5, 0.6) is 0 Å². The summed E-state index contributed by atoms with van der Waals surface area (Å²) in [6.45, 7) is 6.11. The Morgan fingerprint density at radius 2 is 2.00 bits per heavy atom. The molecule has 1 aromatic heterocycles. The van der Waals surface area contributed by atoms with Crippen molar-refractivity contribution in [3.8, 4) is 0 Å². The van der Waals surface area contributed by atoms with Gasteiger partial charge in [0.2, 0.25) is 0 Å². The van der Waals surface area contributed by atoms with Crippen molar-refractivity contribution in [2.24, 2.45) is 7.05 Å². The molecular weight excluding hydrogens is 232 g/mol. The van der Waals surface area contributed by atoms with Crippen molar-refractivity contribution in [3.05, 3.63) is 15.9 Å². The van der Waals surface area contributed by atoms with Crippen LogP contribution in [0.1, 0.15) is 36.8 Å². The number of aryl methyl sites for hydroxylation is 1. The molecule has 72 valence electrons. The van der Waals surface area contributed by atoms with Crippen LogP contribution in [0.15, 0.2) is 4.60 Å². The highest BCUT2D eigenvalue weighted by Gasteiger charge is 2.24. The number of carbonyl (C=O) groups excluding carboxylic acids is 1. The van der Waals surface area contributed by atoms with Gasteiger partial charge in [-0.3, -0.25) is 9.48 Å². The van der Waals surface area contributed by atoms with E-state index >= 15 is 0 Å². The van der Waals surface area contributed by atoms with Gasteiger partial charge >= 0.3 is 0 Å². The minimum atomic E-state index is -0.0972. The summed E-state index contributed by atoms with van der Waals surface area (Å²) in [5.74, 6) is 0. The van der Waals surface area contributed by atoms with E-state index in [0.717, 1.165) is 16.6 Å². The van der Waals surface area contributed by atoms with Crippen LogP contribution in [0.2, 0.25) is 0 Å². The van der Waals surface area contributed by atoms with E-state index in [1.807, 2.05) is 27.8 Å². The zero-order valence-corrected chi connectivity index (χ0v) is 9.84. The summed E-state index contributed by atoms with van der Waals surface area (Å²) in [7, 11) is 1.81. The molecule has 1 rings (SSSR count). The molecule has 13 heavy (non-hydrogen) atoms. The minimum absolute atomic E-state index is 0.0972. The van der Waals surface area contributed by atoms with Gasteiger partial charge in [0.15, 0.2) is 6.29 Å². The van der Waals surface area contributed by atoms with Gasteiger partial charge in [-0.25, -0.2) is 0 Å². The highest BCUT2D eigenvalue weighted by Crippen LogP contribution is 2.28. The summed E-state index contributed by atoms with van der Waals surface area (Å²) in [5.41, 5.74) is 1.38. The number of aldehydes is 1. The van der Waals surface area contributed by atoms with E-state index in [-0.39, 0.29) is 5.41 Å². The maximum atomic E-state index is 10.8. The van der Waals surface area contributed by atoms with E-state index in [1.165, 1.54) is 0 Å². The Labute approximate surface area is 86.3 Å². The van der Waals surface area contributed by atoms with Crippen molar-refractivity contribution in [2.45, 2.75) is 26.2 Å². The van der Waals surface area contributed by atoms with Crippen molar-refractivity contribution < 1.29 is 4.79 Å². The lowest BCUT2D eigenvalue weighted by molar-refractivity contribution is 0.112. The van der Waals surface area contributed by atoms with E-state index in [4.69, 9.17) is 0 Å². The molecule has 3 nitrogen and oxygen atoms in total. The van der Waals surface area contributed by atoms with Crippen molar-refractivity contribution in [1.82, 2.24) is 9.78 Å². The molecule has 0 aliphatic rings. The average molecular weight is 245 g/mol. The van der Waals surface area contributed by atoms with Gasteiger partial charge in [-0.05, 0) is 15.9 Å². The molecule has 0 N–H and O–H groups in total. The number of hydrogen-bond donors (Lipinski definition) is 0. The Balaban J connectivity index is 3.38. The lowest BCUT2D eigenvalue weighted by Crippen LogP contribution is -2.14. The second-order valence-electron chi connectivity index (χ2n) is 4.04. The first kappa shape index (κ1) is 10.4. The second kappa shape index (κ2) is 3.25. The van der Waals surface area contributed by atoms with Gasteiger partial charge in [-0.2, -0.15) is 5.10 Å². The van der Waals surface area contributed by atoms with E-state index in [9.17, 15) is 4.79 Å². The van der Waals surface area contributed by atoms with E-state index in [2.05, 4.69) is 21.0 Å². The largest absolute Gasteiger partial charge is 0.298 e. The van der Waals surface area contributed by atoms with Crippen LogP contribution in [0, 0.1) is 0 Å². The van der Waals surface area contributed by atoms with E-state index < -0.39 is 0 Å². The van der Waals surface area contributed by atoms with Gasteiger partial charge in [0.05, 0.1) is 11.3 Å². The third-order valence-electron chi connectivity index (χ3n) is 1.84. The zero-order chi connectivity index (χ0) is 10.2. The first-order valence-electron chi connectivity index (χ1n) is 4.06. The molecule has 0 fully saturated rings. The van der Waals surface area contributed by atoms with Crippen LogP contribution in [-0.4, -0.2) is 16.1 Å². The smallest absolute Gasteiger partial charge is 0.154 e. The Hall–Kier alpha value is -0.640. The van der Waals surface area contributed by atoms with Crippen LogP contribution >= 0.6 is 15.9 Å². The third-order valence-corrected chi connectivity index (χ3v) is 2.78. The van der Waals surface area contributed by atoms with Crippen molar-refractivity contribution in [1.29, 1.82) is 0 Å². The summed E-state index contributed by atoms with van der Waals surface area (Å²) >= 11 is 3.32. The summed E-state index contributed by atoms with van der Waals surface area (Å²) < 4.78 is 2.41. The van der Waals surface area contributed by atoms with E-state index in [0.29, 0.717) is 5.56 Å². The fourth-order valence-corrected chi connectivity index (χ4v) is 1.54. The van der Waals surface area contributed by atoms with Gasteiger partial charge < -0.3 is 0 Å². The molecule has 0 saturated carbocycles. The Bertz CT molecular complexity index is 336. The molecule has 0 unspecified atom stereocenters. The number of hydrogen-bond acceptors (Lipinski definition) is 2. The predicted octanol–water partition coefficient (Wildman–Crippen LogP) is 2.29. The highest BCUT2D eigenvalue weighted by atomic mass is 79.9. The molecule has 0 bridgehead atoms. The first-order valence-corrected chi connectivity index (χ1v) is 4.85. The van der Waals surface area contributed by atoms with Crippen LogP contribution in [-0.2, 0) is 12.5 Å². The molecular formula is C9H13BrN2O. The highest BCUT2D eigenvalue weighted by molar-refractivity contribution is 9.10. The minimum Gasteiger partial charge on any atom is -0.298 e. The lowest BCUT2D eigenvalue weighted by Gasteiger charge is -2.15. The maximum absolute atomic E-state index is 10.8. The van der Waals surface area contributed by atoms with Crippen molar-refractivity contribution >= 4 is 22.2 Å². The number of nitrogens with zero attached hydrogens (tertiary/aromatic N) is 2. The molecule has 0 radical (unpaired) electrons. The number of rotatable bonds is 1. The van der Waals surface area contributed by atoms with Gasteiger partial charge in [0.25, 0.3) is 0 Å². The molecule has 0 aromatic carbocycles. The Morgan fingerprint density at radius 1 is 1.46 bits per heavy atom.